The summed E-state index contributed by atoms with van der Waals surface area (Å²) in [7, 11) is 0. The van der Waals surface area contributed by atoms with Gasteiger partial charge in [-0.3, -0.25) is 14.5 Å². The number of thioether (sulfide) groups is 1. The third-order valence-corrected chi connectivity index (χ3v) is 4.85. The van der Waals surface area contributed by atoms with Gasteiger partial charge in [0.05, 0.1) is 17.1 Å². The van der Waals surface area contributed by atoms with Crippen LogP contribution in [0.3, 0.4) is 0 Å². The SMILES string of the molecule is Cc1ccc(N2C(=O)CS/C2=N/N=C2\C(=O)Nc3ccccc32)cc1. The third-order valence-electron chi connectivity index (χ3n) is 3.94. The lowest BCUT2D eigenvalue weighted by atomic mass is 10.1. The first-order valence-electron chi connectivity index (χ1n) is 7.72. The number of aryl methyl sites for hydroxylation is 1. The molecule has 124 valence electrons. The number of carbonyl (C=O) groups is 2. The van der Waals surface area contributed by atoms with E-state index in [-0.39, 0.29) is 17.5 Å². The summed E-state index contributed by atoms with van der Waals surface area (Å²) in [5, 5.41) is 11.6. The van der Waals surface area contributed by atoms with Crippen LogP contribution < -0.4 is 10.2 Å². The minimum Gasteiger partial charge on any atom is -0.320 e. The van der Waals surface area contributed by atoms with Crippen molar-refractivity contribution in [1.29, 1.82) is 0 Å². The van der Waals surface area contributed by atoms with Crippen LogP contribution in [0.2, 0.25) is 0 Å². The minimum absolute atomic E-state index is 0.0518. The third kappa shape index (κ3) is 2.83. The van der Waals surface area contributed by atoms with E-state index >= 15 is 0 Å². The van der Waals surface area contributed by atoms with Crippen molar-refractivity contribution in [2.75, 3.05) is 16.0 Å². The van der Waals surface area contributed by atoms with Gasteiger partial charge in [0.25, 0.3) is 5.91 Å². The lowest BCUT2D eigenvalue weighted by molar-refractivity contribution is -0.115. The molecule has 7 heteroatoms. The number of hydrogen-bond donors (Lipinski definition) is 1. The largest absolute Gasteiger partial charge is 0.320 e. The Hall–Kier alpha value is -2.93. The first-order chi connectivity index (χ1) is 12.1. The Morgan fingerprint density at radius 2 is 1.80 bits per heavy atom. The van der Waals surface area contributed by atoms with Crippen molar-refractivity contribution < 1.29 is 9.59 Å². The molecule has 2 aliphatic heterocycles. The summed E-state index contributed by atoms with van der Waals surface area (Å²) in [6, 6.07) is 14.9. The van der Waals surface area contributed by atoms with Crippen LogP contribution in [-0.4, -0.2) is 28.4 Å². The van der Waals surface area contributed by atoms with Gasteiger partial charge in [-0.15, -0.1) is 10.2 Å². The zero-order valence-electron chi connectivity index (χ0n) is 13.4. The lowest BCUT2D eigenvalue weighted by Crippen LogP contribution is -2.29. The Bertz CT molecular complexity index is 934. The standard InChI is InChI=1S/C18H14N4O2S/c1-11-6-8-12(9-7-11)22-15(23)10-25-18(22)21-20-16-13-4-2-3-5-14(13)19-17(16)24/h2-9H,10H2,1H3,(H,19,20,24)/b21-18+. The summed E-state index contributed by atoms with van der Waals surface area (Å²) in [5.41, 5.74) is 3.55. The molecule has 6 nitrogen and oxygen atoms in total. The Balaban J connectivity index is 1.70. The summed E-state index contributed by atoms with van der Waals surface area (Å²) in [6.07, 6.45) is 0. The van der Waals surface area contributed by atoms with Gasteiger partial charge in [-0.2, -0.15) is 0 Å². The summed E-state index contributed by atoms with van der Waals surface area (Å²) in [6.45, 7) is 1.99. The van der Waals surface area contributed by atoms with Crippen molar-refractivity contribution >= 4 is 45.8 Å². The number of para-hydroxylation sites is 1. The number of hydrogen-bond acceptors (Lipinski definition) is 5. The summed E-state index contributed by atoms with van der Waals surface area (Å²) in [4.78, 5) is 25.9. The fourth-order valence-corrected chi connectivity index (χ4v) is 3.49. The second-order valence-corrected chi connectivity index (χ2v) is 6.63. The molecule has 0 atom stereocenters. The van der Waals surface area contributed by atoms with E-state index in [0.29, 0.717) is 16.5 Å². The van der Waals surface area contributed by atoms with Gasteiger partial charge in [0.1, 0.15) is 0 Å². The molecule has 1 fully saturated rings. The quantitative estimate of drug-likeness (QED) is 0.847. The lowest BCUT2D eigenvalue weighted by Gasteiger charge is -2.15. The van der Waals surface area contributed by atoms with Gasteiger partial charge in [0.15, 0.2) is 10.9 Å². The monoisotopic (exact) mass is 350 g/mol. The molecule has 2 aromatic rings. The van der Waals surface area contributed by atoms with E-state index in [1.54, 1.807) is 0 Å². The van der Waals surface area contributed by atoms with Crippen molar-refractivity contribution in [3.05, 3.63) is 59.7 Å². The second kappa shape index (κ2) is 6.18. The first-order valence-corrected chi connectivity index (χ1v) is 8.71. The van der Waals surface area contributed by atoms with E-state index in [1.165, 1.54) is 16.7 Å². The smallest absolute Gasteiger partial charge is 0.276 e. The predicted molar refractivity (Wildman–Crippen MR) is 100 cm³/mol. The second-order valence-electron chi connectivity index (χ2n) is 5.68. The van der Waals surface area contributed by atoms with Gasteiger partial charge in [-0.25, -0.2) is 0 Å². The van der Waals surface area contributed by atoms with E-state index in [2.05, 4.69) is 15.5 Å². The summed E-state index contributed by atoms with van der Waals surface area (Å²) in [5.74, 6) is -0.0359. The van der Waals surface area contributed by atoms with E-state index in [9.17, 15) is 9.59 Å². The molecule has 0 aromatic heterocycles. The van der Waals surface area contributed by atoms with E-state index in [1.807, 2.05) is 55.5 Å². The molecule has 2 aromatic carbocycles. The molecular formula is C18H14N4O2S. The predicted octanol–water partition coefficient (Wildman–Crippen LogP) is 2.79. The average molecular weight is 350 g/mol. The van der Waals surface area contributed by atoms with Crippen LogP contribution in [0.25, 0.3) is 0 Å². The molecule has 1 saturated heterocycles. The van der Waals surface area contributed by atoms with Gasteiger partial charge in [-0.05, 0) is 25.1 Å². The highest BCUT2D eigenvalue weighted by Crippen LogP contribution is 2.28. The zero-order valence-corrected chi connectivity index (χ0v) is 14.2. The molecule has 0 aliphatic carbocycles. The molecule has 2 heterocycles. The van der Waals surface area contributed by atoms with Crippen LogP contribution in [0.1, 0.15) is 11.1 Å². The van der Waals surface area contributed by atoms with Gasteiger partial charge in [0.2, 0.25) is 5.91 Å². The normalized spacial score (nSPS) is 19.6. The van der Waals surface area contributed by atoms with Gasteiger partial charge in [0, 0.05) is 5.56 Å². The maximum absolute atomic E-state index is 12.2. The minimum atomic E-state index is -0.290. The van der Waals surface area contributed by atoms with Crippen LogP contribution in [0.15, 0.2) is 58.7 Å². The molecule has 0 bridgehead atoms. The molecule has 2 amide bonds. The Morgan fingerprint density at radius 3 is 2.60 bits per heavy atom. The van der Waals surface area contributed by atoms with E-state index in [4.69, 9.17) is 0 Å². The van der Waals surface area contributed by atoms with Crippen LogP contribution >= 0.6 is 11.8 Å². The zero-order chi connectivity index (χ0) is 17.4. The maximum Gasteiger partial charge on any atom is 0.276 e. The highest BCUT2D eigenvalue weighted by molar-refractivity contribution is 8.15. The topological polar surface area (TPSA) is 74.1 Å². The Kier molecular flexibility index (Phi) is 3.85. The van der Waals surface area contributed by atoms with E-state index in [0.717, 1.165) is 16.9 Å². The molecular weight excluding hydrogens is 336 g/mol. The van der Waals surface area contributed by atoms with Crippen molar-refractivity contribution in [3.8, 4) is 0 Å². The van der Waals surface area contributed by atoms with Crippen LogP contribution in [-0.2, 0) is 9.59 Å². The van der Waals surface area contributed by atoms with Crippen LogP contribution in [0.4, 0.5) is 11.4 Å². The molecule has 4 rings (SSSR count). The molecule has 0 unspecified atom stereocenters. The number of anilines is 2. The van der Waals surface area contributed by atoms with Crippen LogP contribution in [0.5, 0.6) is 0 Å². The van der Waals surface area contributed by atoms with E-state index < -0.39 is 0 Å². The van der Waals surface area contributed by atoms with Crippen molar-refractivity contribution in [1.82, 2.24) is 0 Å². The number of amides is 2. The Morgan fingerprint density at radius 1 is 1.04 bits per heavy atom. The number of carbonyl (C=O) groups excluding carboxylic acids is 2. The van der Waals surface area contributed by atoms with Crippen LogP contribution in [0, 0.1) is 6.92 Å². The highest BCUT2D eigenvalue weighted by Gasteiger charge is 2.31. The Labute approximate surface area is 148 Å². The number of amidine groups is 1. The number of nitrogens with one attached hydrogen (secondary N) is 1. The fraction of sp³-hybridized carbons (Fsp3) is 0.111. The molecule has 0 radical (unpaired) electrons. The summed E-state index contributed by atoms with van der Waals surface area (Å²) < 4.78 is 0. The number of nitrogens with zero attached hydrogens (tertiary/aromatic N) is 3. The molecule has 2 aliphatic rings. The maximum atomic E-state index is 12.2. The molecule has 0 saturated carbocycles. The molecule has 25 heavy (non-hydrogen) atoms. The van der Waals surface area contributed by atoms with Gasteiger partial charge >= 0.3 is 0 Å². The highest BCUT2D eigenvalue weighted by atomic mass is 32.2. The van der Waals surface area contributed by atoms with Crippen molar-refractivity contribution in [2.24, 2.45) is 10.2 Å². The molecule has 1 N–H and O–H groups in total. The van der Waals surface area contributed by atoms with Gasteiger partial charge in [-0.1, -0.05) is 47.7 Å². The fourth-order valence-electron chi connectivity index (χ4n) is 2.68. The number of rotatable bonds is 2. The number of fused-ring (bicyclic) bond motifs is 1. The van der Waals surface area contributed by atoms with Gasteiger partial charge < -0.3 is 5.32 Å². The van der Waals surface area contributed by atoms with Crippen molar-refractivity contribution in [3.63, 3.8) is 0 Å². The summed E-state index contributed by atoms with van der Waals surface area (Å²) >= 11 is 1.31. The average Bonchev–Trinajstić information content (AvgIpc) is 3.13. The number of benzene rings is 2. The first kappa shape index (κ1) is 15.6. The molecule has 0 spiro atoms. The van der Waals surface area contributed by atoms with Crippen molar-refractivity contribution in [2.45, 2.75) is 6.92 Å².